The van der Waals surface area contributed by atoms with Crippen LogP contribution < -0.4 is 11.5 Å². The zero-order chi connectivity index (χ0) is 17.3. The Morgan fingerprint density at radius 1 is 0.905 bits per heavy atom. The van der Waals surface area contributed by atoms with Gasteiger partial charge in [-0.3, -0.25) is 18.2 Å². The summed E-state index contributed by atoms with van der Waals surface area (Å²) in [5.41, 5.74) is 11.7. The molecule has 0 bridgehead atoms. The molecule has 8 N–H and O–H groups in total. The van der Waals surface area contributed by atoms with Gasteiger partial charge < -0.3 is 11.5 Å². The third-order valence-corrected chi connectivity index (χ3v) is 2.76. The summed E-state index contributed by atoms with van der Waals surface area (Å²) in [4.78, 5) is 0. The van der Waals surface area contributed by atoms with Crippen molar-refractivity contribution in [3.05, 3.63) is 0 Å². The zero-order valence-corrected chi connectivity index (χ0v) is 13.3. The van der Waals surface area contributed by atoms with Crippen LogP contribution in [0.4, 0.5) is 0 Å². The van der Waals surface area contributed by atoms with Gasteiger partial charge in [-0.25, -0.2) is 0 Å². The quantitative estimate of drug-likeness (QED) is 0.365. The van der Waals surface area contributed by atoms with Crippen LogP contribution in [0.15, 0.2) is 0 Å². The second-order valence-corrected chi connectivity index (χ2v) is 6.48. The van der Waals surface area contributed by atoms with Crippen molar-refractivity contribution in [3.63, 3.8) is 0 Å². The molecular weight excluding hydrogens is 328 g/mol. The third-order valence-electron chi connectivity index (χ3n) is 2.76. The van der Waals surface area contributed by atoms with Gasteiger partial charge in [-0.1, -0.05) is 19.8 Å². The lowest BCUT2D eigenvalue weighted by atomic mass is 9.81. The lowest BCUT2D eigenvalue weighted by Crippen LogP contribution is -2.45. The van der Waals surface area contributed by atoms with Crippen LogP contribution in [0.5, 0.6) is 0 Å². The summed E-state index contributed by atoms with van der Waals surface area (Å²) in [7, 11) is -9.33. The molecule has 1 aliphatic rings. The highest BCUT2D eigenvalue weighted by molar-refractivity contribution is 7.80. The van der Waals surface area contributed by atoms with Crippen LogP contribution in [0.1, 0.15) is 39.0 Å². The monoisotopic (exact) mass is 352 g/mol. The van der Waals surface area contributed by atoms with E-state index in [0.29, 0.717) is 0 Å². The van der Waals surface area contributed by atoms with Gasteiger partial charge in [0.25, 0.3) is 0 Å². The first-order valence-corrected chi connectivity index (χ1v) is 8.94. The van der Waals surface area contributed by atoms with Crippen molar-refractivity contribution in [1.29, 1.82) is 0 Å². The van der Waals surface area contributed by atoms with E-state index in [4.69, 9.17) is 46.5 Å². The summed E-state index contributed by atoms with van der Waals surface area (Å²) < 4.78 is 63.2. The molecule has 0 aromatic carbocycles. The molecule has 10 nitrogen and oxygen atoms in total. The third kappa shape index (κ3) is 25.0. The van der Waals surface area contributed by atoms with E-state index in [1.807, 2.05) is 0 Å². The van der Waals surface area contributed by atoms with Crippen molar-refractivity contribution < 1.29 is 35.0 Å². The van der Waals surface area contributed by atoms with Gasteiger partial charge in [-0.2, -0.15) is 16.8 Å². The van der Waals surface area contributed by atoms with Crippen LogP contribution in [-0.4, -0.2) is 47.1 Å². The maximum atomic E-state index is 8.74. The fraction of sp³-hybridized carbons (Fsp3) is 1.00. The molecule has 1 aliphatic carbocycles. The van der Waals surface area contributed by atoms with E-state index in [1.165, 1.54) is 19.3 Å². The topological polar surface area (TPSA) is 201 Å². The predicted molar refractivity (Wildman–Crippen MR) is 76.6 cm³/mol. The van der Waals surface area contributed by atoms with Crippen LogP contribution in [-0.2, 0) is 20.8 Å². The van der Waals surface area contributed by atoms with Gasteiger partial charge >= 0.3 is 20.8 Å². The van der Waals surface area contributed by atoms with Gasteiger partial charge in [0.05, 0.1) is 0 Å². The first kappa shape index (κ1) is 22.9. The van der Waals surface area contributed by atoms with Gasteiger partial charge in [0.15, 0.2) is 0 Å². The lowest BCUT2D eigenvalue weighted by molar-refractivity contribution is 0.275. The van der Waals surface area contributed by atoms with Crippen molar-refractivity contribution in [2.24, 2.45) is 17.4 Å². The molecule has 130 valence electrons. The number of hydrogen-bond acceptors (Lipinski definition) is 6. The smallest absolute Gasteiger partial charge is 0.326 e. The molecule has 0 radical (unpaired) electrons. The molecule has 3 unspecified atom stereocenters. The molecule has 1 saturated carbocycles. The van der Waals surface area contributed by atoms with E-state index < -0.39 is 20.8 Å². The van der Waals surface area contributed by atoms with E-state index in [0.717, 1.165) is 18.8 Å². The molecule has 1 fully saturated rings. The first-order chi connectivity index (χ1) is 9.24. The van der Waals surface area contributed by atoms with Crippen LogP contribution in [0.25, 0.3) is 0 Å². The summed E-state index contributed by atoms with van der Waals surface area (Å²) in [5, 5.41) is 0. The van der Waals surface area contributed by atoms with Crippen molar-refractivity contribution in [2.45, 2.75) is 51.1 Å². The van der Waals surface area contributed by atoms with Crippen molar-refractivity contribution in [3.8, 4) is 0 Å². The first-order valence-electron chi connectivity index (χ1n) is 6.15. The normalized spacial score (nSPS) is 26.0. The summed E-state index contributed by atoms with van der Waals surface area (Å²) >= 11 is 0. The molecule has 0 aromatic rings. The number of rotatable bonds is 2. The van der Waals surface area contributed by atoms with E-state index in [-0.39, 0.29) is 12.1 Å². The van der Waals surface area contributed by atoms with Gasteiger partial charge in [-0.15, -0.1) is 0 Å². The minimum Gasteiger partial charge on any atom is -0.326 e. The highest BCUT2D eigenvalue weighted by Gasteiger charge is 2.24. The second-order valence-electron chi connectivity index (χ2n) is 4.69. The van der Waals surface area contributed by atoms with Gasteiger partial charge in [-0.05, 0) is 25.2 Å². The molecule has 0 aliphatic heterocycles. The summed E-state index contributed by atoms with van der Waals surface area (Å²) in [6.07, 6.45) is 6.19. The predicted octanol–water partition coefficient (Wildman–Crippen LogP) is -0.0644. The van der Waals surface area contributed by atoms with Crippen molar-refractivity contribution >= 4 is 20.8 Å². The van der Waals surface area contributed by atoms with Gasteiger partial charge in [0.2, 0.25) is 0 Å². The van der Waals surface area contributed by atoms with E-state index in [2.05, 4.69) is 6.92 Å². The Kier molecular flexibility index (Phi) is 11.4. The summed E-state index contributed by atoms with van der Waals surface area (Å²) in [5.74, 6) is 0.856. The average Bonchev–Trinajstić information content (AvgIpc) is 2.19. The Balaban J connectivity index is 0. The molecular formula is C9H24N2O8S2. The van der Waals surface area contributed by atoms with Crippen molar-refractivity contribution in [1.82, 2.24) is 0 Å². The summed E-state index contributed by atoms with van der Waals surface area (Å²) in [6, 6.07) is 0.531. The molecule has 0 aromatic heterocycles. The minimum atomic E-state index is -4.67. The number of hydrogen-bond donors (Lipinski definition) is 6. The highest BCUT2D eigenvalue weighted by Crippen LogP contribution is 2.25. The van der Waals surface area contributed by atoms with Crippen LogP contribution in [0, 0.1) is 5.92 Å². The van der Waals surface area contributed by atoms with Crippen LogP contribution in [0.3, 0.4) is 0 Å². The Labute approximate surface area is 125 Å². The minimum absolute atomic E-state index is 0.264. The average molecular weight is 352 g/mol. The van der Waals surface area contributed by atoms with E-state index in [9.17, 15) is 0 Å². The maximum Gasteiger partial charge on any atom is 0.394 e. The van der Waals surface area contributed by atoms with Gasteiger partial charge in [0.1, 0.15) is 0 Å². The largest absolute Gasteiger partial charge is 0.394 e. The van der Waals surface area contributed by atoms with Gasteiger partial charge in [0, 0.05) is 12.1 Å². The van der Waals surface area contributed by atoms with Crippen LogP contribution in [0.2, 0.25) is 0 Å². The fourth-order valence-electron chi connectivity index (χ4n) is 1.99. The Bertz CT molecular complexity index is 418. The SMILES string of the molecule is CCCC1CCC(N)C(N)C1.O=S(=O)(O)O.O=S(=O)(O)O. The second kappa shape index (κ2) is 10.4. The molecule has 21 heavy (non-hydrogen) atoms. The standard InChI is InChI=1S/C9H20N2.2H2O4S/c1-2-3-7-4-5-8(10)9(11)6-7;2*1-5(2,3)4/h7-9H,2-6,10-11H2,1H3;2*(H2,1,2,3,4). The highest BCUT2D eigenvalue weighted by atomic mass is 32.3. The Morgan fingerprint density at radius 2 is 1.29 bits per heavy atom. The molecule has 0 heterocycles. The van der Waals surface area contributed by atoms with E-state index in [1.54, 1.807) is 0 Å². The maximum absolute atomic E-state index is 8.74. The Morgan fingerprint density at radius 3 is 1.57 bits per heavy atom. The summed E-state index contributed by atoms with van der Waals surface area (Å²) in [6.45, 7) is 2.24. The zero-order valence-electron chi connectivity index (χ0n) is 11.7. The molecule has 12 heteroatoms. The molecule has 0 spiro atoms. The molecule has 0 amide bonds. The van der Waals surface area contributed by atoms with Crippen molar-refractivity contribution in [2.75, 3.05) is 0 Å². The molecule has 0 saturated heterocycles. The Hall–Kier alpha value is -0.340. The van der Waals surface area contributed by atoms with Crippen LogP contribution >= 0.6 is 0 Å². The fourth-order valence-corrected chi connectivity index (χ4v) is 1.99. The molecule has 1 rings (SSSR count). The molecule has 3 atom stereocenters. The number of nitrogens with two attached hydrogens (primary N) is 2. The lowest BCUT2D eigenvalue weighted by Gasteiger charge is -2.31. The van der Waals surface area contributed by atoms with E-state index >= 15 is 0 Å².